The molecule has 0 spiro atoms. The lowest BCUT2D eigenvalue weighted by atomic mass is 9.91. The fourth-order valence-corrected chi connectivity index (χ4v) is 4.22. The van der Waals surface area contributed by atoms with Crippen LogP contribution in [0.5, 0.6) is 0 Å². The van der Waals surface area contributed by atoms with Crippen LogP contribution in [0, 0.1) is 5.82 Å². The van der Waals surface area contributed by atoms with Gasteiger partial charge in [-0.25, -0.2) is 4.39 Å². The van der Waals surface area contributed by atoms with Crippen LogP contribution in [0.2, 0.25) is 0 Å². The molecule has 2 amide bonds. The highest BCUT2D eigenvalue weighted by Gasteiger charge is 2.31. The normalized spacial score (nSPS) is 15.7. The maximum Gasteiger partial charge on any atom is 0.289 e. The number of nitrogens with zero attached hydrogens (tertiary/aromatic N) is 2. The summed E-state index contributed by atoms with van der Waals surface area (Å²) in [5.41, 5.74) is 1.47. The number of halogens is 1. The van der Waals surface area contributed by atoms with E-state index in [0.29, 0.717) is 29.8 Å². The van der Waals surface area contributed by atoms with E-state index in [1.807, 2.05) is 0 Å². The van der Waals surface area contributed by atoms with Gasteiger partial charge in [-0.1, -0.05) is 0 Å². The third kappa shape index (κ3) is 3.62. The second-order valence-electron chi connectivity index (χ2n) is 8.21. The van der Waals surface area contributed by atoms with Crippen LogP contribution < -0.4 is 10.9 Å². The molecule has 1 fully saturated rings. The molecule has 0 bridgehead atoms. The lowest BCUT2D eigenvalue weighted by Gasteiger charge is -2.31. The maximum atomic E-state index is 13.4. The van der Waals surface area contributed by atoms with Crippen molar-refractivity contribution in [3.8, 4) is 5.69 Å². The first-order valence-electron chi connectivity index (χ1n) is 10.7. The van der Waals surface area contributed by atoms with Crippen molar-refractivity contribution in [1.29, 1.82) is 0 Å². The fraction of sp³-hybridized carbons (Fsp3) is 0.292. The van der Waals surface area contributed by atoms with E-state index in [1.54, 1.807) is 23.2 Å². The zero-order valence-electron chi connectivity index (χ0n) is 17.3. The van der Waals surface area contributed by atoms with Crippen LogP contribution in [0.1, 0.15) is 51.3 Å². The molecule has 1 saturated carbocycles. The van der Waals surface area contributed by atoms with Crippen molar-refractivity contribution < 1.29 is 18.4 Å². The van der Waals surface area contributed by atoms with Crippen molar-refractivity contribution in [2.75, 3.05) is 6.54 Å². The van der Waals surface area contributed by atoms with Gasteiger partial charge in [0, 0.05) is 31.0 Å². The molecule has 3 heterocycles. The number of carbonyl (C=O) groups is 2. The first kappa shape index (κ1) is 20.2. The summed E-state index contributed by atoms with van der Waals surface area (Å²) >= 11 is 0. The Morgan fingerprint density at radius 1 is 1.12 bits per heavy atom. The molecule has 1 aliphatic heterocycles. The van der Waals surface area contributed by atoms with Gasteiger partial charge in [-0.2, -0.15) is 0 Å². The molecule has 1 aromatic carbocycles. The minimum Gasteiger partial charge on any atom is -0.459 e. The zero-order valence-corrected chi connectivity index (χ0v) is 17.3. The summed E-state index contributed by atoms with van der Waals surface area (Å²) in [5, 5.41) is 2.96. The topological polar surface area (TPSA) is 84.5 Å². The van der Waals surface area contributed by atoms with Gasteiger partial charge in [-0.3, -0.25) is 19.0 Å². The highest BCUT2D eigenvalue weighted by Crippen LogP contribution is 2.25. The number of carbonyl (C=O) groups excluding carboxylic acids is 2. The molecule has 1 N–H and O–H groups in total. The third-order valence-electron chi connectivity index (χ3n) is 6.19. The molecular weight excluding hydrogens is 413 g/mol. The Morgan fingerprint density at radius 3 is 2.56 bits per heavy atom. The Balaban J connectivity index is 1.57. The summed E-state index contributed by atoms with van der Waals surface area (Å²) in [6.45, 7) is 0.607. The zero-order chi connectivity index (χ0) is 22.2. The largest absolute Gasteiger partial charge is 0.459 e. The van der Waals surface area contributed by atoms with E-state index < -0.39 is 17.3 Å². The van der Waals surface area contributed by atoms with E-state index in [1.165, 1.54) is 35.1 Å². The van der Waals surface area contributed by atoms with Crippen molar-refractivity contribution in [2.24, 2.45) is 0 Å². The first-order valence-corrected chi connectivity index (χ1v) is 10.7. The van der Waals surface area contributed by atoms with E-state index >= 15 is 0 Å². The van der Waals surface area contributed by atoms with Crippen LogP contribution in [-0.2, 0) is 13.0 Å². The van der Waals surface area contributed by atoms with E-state index in [0.717, 1.165) is 19.3 Å². The SMILES string of the molecule is O=C(NC1CCC1)c1c2c(cn(-c3ccc(F)cc3)c1=O)CN(C(=O)c1ccco1)CC2. The van der Waals surface area contributed by atoms with Gasteiger partial charge >= 0.3 is 0 Å². The Labute approximate surface area is 183 Å². The number of nitrogens with one attached hydrogen (secondary N) is 1. The predicted octanol–water partition coefficient (Wildman–Crippen LogP) is 3.05. The van der Waals surface area contributed by atoms with Crippen LogP contribution in [0.25, 0.3) is 5.69 Å². The van der Waals surface area contributed by atoms with Crippen LogP contribution in [-0.4, -0.2) is 33.9 Å². The number of aromatic nitrogens is 1. The minimum absolute atomic E-state index is 0.0812. The monoisotopic (exact) mass is 435 g/mol. The summed E-state index contributed by atoms with van der Waals surface area (Å²) in [4.78, 5) is 40.9. The van der Waals surface area contributed by atoms with Gasteiger partial charge in [0.2, 0.25) is 0 Å². The number of hydrogen-bond donors (Lipinski definition) is 1. The van der Waals surface area contributed by atoms with Gasteiger partial charge in [0.15, 0.2) is 5.76 Å². The van der Waals surface area contributed by atoms with E-state index in [2.05, 4.69) is 5.32 Å². The summed E-state index contributed by atoms with van der Waals surface area (Å²) in [6, 6.07) is 8.85. The van der Waals surface area contributed by atoms with Gasteiger partial charge in [-0.15, -0.1) is 0 Å². The summed E-state index contributed by atoms with van der Waals surface area (Å²) in [7, 11) is 0. The number of hydrogen-bond acceptors (Lipinski definition) is 4. The molecule has 32 heavy (non-hydrogen) atoms. The molecule has 3 aromatic rings. The quantitative estimate of drug-likeness (QED) is 0.683. The molecule has 0 radical (unpaired) electrons. The van der Waals surface area contributed by atoms with Gasteiger partial charge < -0.3 is 14.6 Å². The van der Waals surface area contributed by atoms with E-state index in [-0.39, 0.29) is 29.8 Å². The highest BCUT2D eigenvalue weighted by molar-refractivity contribution is 5.96. The van der Waals surface area contributed by atoms with Crippen molar-refractivity contribution in [3.63, 3.8) is 0 Å². The molecule has 7 nitrogen and oxygen atoms in total. The summed E-state index contributed by atoms with van der Waals surface area (Å²) < 4.78 is 20.0. The second kappa shape index (κ2) is 8.11. The molecule has 2 aliphatic rings. The Kier molecular flexibility index (Phi) is 5.13. The fourth-order valence-electron chi connectivity index (χ4n) is 4.22. The highest BCUT2D eigenvalue weighted by atomic mass is 19.1. The number of benzene rings is 1. The molecule has 0 saturated heterocycles. The van der Waals surface area contributed by atoms with Crippen LogP contribution >= 0.6 is 0 Å². The van der Waals surface area contributed by atoms with Gasteiger partial charge in [0.05, 0.1) is 6.26 Å². The van der Waals surface area contributed by atoms with Crippen molar-refractivity contribution in [1.82, 2.24) is 14.8 Å². The third-order valence-corrected chi connectivity index (χ3v) is 6.19. The van der Waals surface area contributed by atoms with Crippen LogP contribution in [0.15, 0.2) is 58.1 Å². The Bertz CT molecular complexity index is 1230. The molecule has 2 aromatic heterocycles. The van der Waals surface area contributed by atoms with Crippen LogP contribution in [0.4, 0.5) is 4.39 Å². The maximum absolute atomic E-state index is 13.4. The average Bonchev–Trinajstić information content (AvgIpc) is 3.30. The lowest BCUT2D eigenvalue weighted by Crippen LogP contribution is -2.45. The summed E-state index contributed by atoms with van der Waals surface area (Å²) in [5.74, 6) is -0.819. The van der Waals surface area contributed by atoms with Gasteiger partial charge in [-0.05, 0) is 73.2 Å². The van der Waals surface area contributed by atoms with Crippen molar-refractivity contribution >= 4 is 11.8 Å². The molecule has 0 atom stereocenters. The van der Waals surface area contributed by atoms with Gasteiger partial charge in [0.1, 0.15) is 11.4 Å². The number of rotatable bonds is 4. The Morgan fingerprint density at radius 2 is 1.91 bits per heavy atom. The molecule has 164 valence electrons. The number of fused-ring (bicyclic) bond motifs is 1. The summed E-state index contributed by atoms with van der Waals surface area (Å²) in [6.07, 6.45) is 6.33. The van der Waals surface area contributed by atoms with Crippen LogP contribution in [0.3, 0.4) is 0 Å². The predicted molar refractivity (Wildman–Crippen MR) is 114 cm³/mol. The number of amides is 2. The first-order chi connectivity index (χ1) is 15.5. The Hall–Kier alpha value is -3.68. The van der Waals surface area contributed by atoms with Crippen molar-refractivity contribution in [3.05, 3.63) is 87.5 Å². The van der Waals surface area contributed by atoms with Crippen molar-refractivity contribution in [2.45, 2.75) is 38.3 Å². The average molecular weight is 435 g/mol. The lowest BCUT2D eigenvalue weighted by molar-refractivity contribution is 0.0701. The minimum atomic E-state index is -0.446. The number of pyridine rings is 1. The molecular formula is C24H22FN3O4. The number of furan rings is 1. The van der Waals surface area contributed by atoms with E-state index in [9.17, 15) is 18.8 Å². The molecule has 5 rings (SSSR count). The smallest absolute Gasteiger partial charge is 0.289 e. The standard InChI is InChI=1S/C24H22FN3O4/c25-16-6-8-18(9-7-16)28-14-15-13-27(23(30)20-5-2-12-32-20)11-10-19(15)21(24(28)31)22(29)26-17-3-1-4-17/h2,5-9,12,14,17H,1,3-4,10-11,13H2,(H,26,29). The molecule has 1 aliphatic carbocycles. The van der Waals surface area contributed by atoms with E-state index in [4.69, 9.17) is 4.42 Å². The molecule has 8 heteroatoms. The second-order valence-corrected chi connectivity index (χ2v) is 8.21. The molecule has 0 unspecified atom stereocenters. The van der Waals surface area contributed by atoms with Gasteiger partial charge in [0.25, 0.3) is 17.4 Å².